The van der Waals surface area contributed by atoms with Gasteiger partial charge in [-0.2, -0.15) is 4.98 Å². The van der Waals surface area contributed by atoms with Gasteiger partial charge in [-0.1, -0.05) is 37.2 Å². The van der Waals surface area contributed by atoms with E-state index in [-0.39, 0.29) is 17.7 Å². The van der Waals surface area contributed by atoms with E-state index in [0.29, 0.717) is 18.0 Å². The summed E-state index contributed by atoms with van der Waals surface area (Å²) in [5.41, 5.74) is 1.58. The lowest BCUT2D eigenvalue weighted by Crippen LogP contribution is -2.23. The molecule has 1 aliphatic rings. The topological polar surface area (TPSA) is 75.3 Å². The quantitative estimate of drug-likeness (QED) is 0.780. The van der Waals surface area contributed by atoms with Gasteiger partial charge < -0.3 is 9.63 Å². The van der Waals surface area contributed by atoms with Crippen LogP contribution in [0.1, 0.15) is 56.1 Å². The second-order valence-corrected chi connectivity index (χ2v) is 6.93. The Labute approximate surface area is 146 Å². The van der Waals surface area contributed by atoms with Gasteiger partial charge in [-0.3, -0.25) is 4.90 Å². The average Bonchev–Trinajstić information content (AvgIpc) is 3.24. The first-order valence-corrected chi connectivity index (χ1v) is 8.77. The van der Waals surface area contributed by atoms with Crippen molar-refractivity contribution in [1.82, 2.24) is 20.0 Å². The standard InChI is InChI=1S/C19H22N4O2/c1-12(2)18-21-19(25-22-18)15-6-4-10-23(15)11-14-9-8-13-5-3-7-16(24)17(13)20-14/h3,5,7-9,12,15,24H,4,6,10-11H2,1-2H3/t15-/m1/s1. The maximum absolute atomic E-state index is 10.0. The molecule has 1 N–H and O–H groups in total. The number of para-hydroxylation sites is 1. The molecule has 130 valence electrons. The number of hydrogen-bond acceptors (Lipinski definition) is 6. The lowest BCUT2D eigenvalue weighted by Gasteiger charge is -2.21. The maximum atomic E-state index is 10.0. The first kappa shape index (κ1) is 16.0. The van der Waals surface area contributed by atoms with Gasteiger partial charge in [-0.05, 0) is 31.5 Å². The van der Waals surface area contributed by atoms with Gasteiger partial charge in [0, 0.05) is 17.8 Å². The van der Waals surface area contributed by atoms with E-state index in [1.54, 1.807) is 6.07 Å². The molecular weight excluding hydrogens is 316 g/mol. The van der Waals surface area contributed by atoms with E-state index in [2.05, 4.69) is 33.9 Å². The van der Waals surface area contributed by atoms with Crippen LogP contribution in [0.2, 0.25) is 0 Å². The van der Waals surface area contributed by atoms with Gasteiger partial charge in [0.2, 0.25) is 5.89 Å². The summed E-state index contributed by atoms with van der Waals surface area (Å²) in [5, 5.41) is 15.1. The highest BCUT2D eigenvalue weighted by Gasteiger charge is 2.31. The molecule has 1 atom stereocenters. The van der Waals surface area contributed by atoms with Gasteiger partial charge in [-0.15, -0.1) is 0 Å². The van der Waals surface area contributed by atoms with Crippen molar-refractivity contribution in [2.24, 2.45) is 0 Å². The fraction of sp³-hybridized carbons (Fsp3) is 0.421. The summed E-state index contributed by atoms with van der Waals surface area (Å²) in [5.74, 6) is 1.94. The Balaban J connectivity index is 1.57. The zero-order chi connectivity index (χ0) is 17.4. The molecule has 6 heteroatoms. The minimum absolute atomic E-state index is 0.141. The summed E-state index contributed by atoms with van der Waals surface area (Å²) < 4.78 is 5.50. The largest absolute Gasteiger partial charge is 0.506 e. The number of pyridine rings is 1. The van der Waals surface area contributed by atoms with Crippen LogP contribution in [0.25, 0.3) is 10.9 Å². The van der Waals surface area contributed by atoms with Crippen molar-refractivity contribution in [2.45, 2.75) is 45.2 Å². The zero-order valence-electron chi connectivity index (χ0n) is 14.5. The third kappa shape index (κ3) is 3.09. The normalized spacial score (nSPS) is 18.4. The van der Waals surface area contributed by atoms with Crippen molar-refractivity contribution in [2.75, 3.05) is 6.54 Å². The van der Waals surface area contributed by atoms with Crippen molar-refractivity contribution in [3.63, 3.8) is 0 Å². The van der Waals surface area contributed by atoms with E-state index in [1.165, 1.54) is 0 Å². The molecule has 1 aliphatic heterocycles. The molecule has 1 fully saturated rings. The summed E-state index contributed by atoms with van der Waals surface area (Å²) in [6.45, 7) is 5.80. The molecule has 1 aromatic carbocycles. The predicted molar refractivity (Wildman–Crippen MR) is 94.2 cm³/mol. The molecule has 0 radical (unpaired) electrons. The van der Waals surface area contributed by atoms with E-state index in [0.717, 1.165) is 36.3 Å². The van der Waals surface area contributed by atoms with Crippen LogP contribution in [0.4, 0.5) is 0 Å². The highest BCUT2D eigenvalue weighted by molar-refractivity contribution is 5.84. The number of phenolic OH excluding ortho intramolecular Hbond substituents is 1. The molecular formula is C19H22N4O2. The van der Waals surface area contributed by atoms with Crippen LogP contribution in [-0.2, 0) is 6.54 Å². The van der Waals surface area contributed by atoms with Gasteiger partial charge in [0.15, 0.2) is 5.82 Å². The van der Waals surface area contributed by atoms with E-state index < -0.39 is 0 Å². The minimum atomic E-state index is 0.141. The number of hydrogen-bond donors (Lipinski definition) is 1. The second kappa shape index (κ2) is 6.44. The third-order valence-electron chi connectivity index (χ3n) is 4.74. The fourth-order valence-corrected chi connectivity index (χ4v) is 3.38. The van der Waals surface area contributed by atoms with Crippen molar-refractivity contribution in [3.8, 4) is 5.75 Å². The number of phenols is 1. The minimum Gasteiger partial charge on any atom is -0.506 e. The Morgan fingerprint density at radius 2 is 2.12 bits per heavy atom. The Morgan fingerprint density at radius 3 is 2.92 bits per heavy atom. The summed E-state index contributed by atoms with van der Waals surface area (Å²) >= 11 is 0. The molecule has 2 aromatic heterocycles. The molecule has 3 heterocycles. The summed E-state index contributed by atoms with van der Waals surface area (Å²) in [4.78, 5) is 11.5. The molecule has 0 spiro atoms. The zero-order valence-corrected chi connectivity index (χ0v) is 14.5. The molecule has 6 nitrogen and oxygen atoms in total. The van der Waals surface area contributed by atoms with Crippen LogP contribution in [0.15, 0.2) is 34.9 Å². The van der Waals surface area contributed by atoms with Gasteiger partial charge >= 0.3 is 0 Å². The molecule has 0 unspecified atom stereocenters. The second-order valence-electron chi connectivity index (χ2n) is 6.93. The number of fused-ring (bicyclic) bond motifs is 1. The highest BCUT2D eigenvalue weighted by Crippen LogP contribution is 2.33. The number of benzene rings is 1. The van der Waals surface area contributed by atoms with Crippen LogP contribution in [0, 0.1) is 0 Å². The molecule has 4 rings (SSSR count). The SMILES string of the molecule is CC(C)c1noc([C@H]2CCCN2Cc2ccc3cccc(O)c3n2)n1. The smallest absolute Gasteiger partial charge is 0.244 e. The summed E-state index contributed by atoms with van der Waals surface area (Å²) in [7, 11) is 0. The first-order chi connectivity index (χ1) is 12.1. The van der Waals surface area contributed by atoms with Crippen LogP contribution in [0.5, 0.6) is 5.75 Å². The van der Waals surface area contributed by atoms with Crippen molar-refractivity contribution < 1.29 is 9.63 Å². The molecule has 0 aliphatic carbocycles. The Kier molecular flexibility index (Phi) is 4.13. The van der Waals surface area contributed by atoms with Crippen molar-refractivity contribution >= 4 is 10.9 Å². The maximum Gasteiger partial charge on any atom is 0.244 e. The number of aromatic hydroxyl groups is 1. The van der Waals surface area contributed by atoms with Gasteiger partial charge in [-0.25, -0.2) is 4.98 Å². The molecule has 0 amide bonds. The number of aromatic nitrogens is 3. The van der Waals surface area contributed by atoms with Gasteiger partial charge in [0.1, 0.15) is 11.3 Å². The number of likely N-dealkylation sites (tertiary alicyclic amines) is 1. The summed E-state index contributed by atoms with van der Waals surface area (Å²) in [6.07, 6.45) is 2.11. The van der Waals surface area contributed by atoms with E-state index in [9.17, 15) is 5.11 Å². The Bertz CT molecular complexity index is 890. The summed E-state index contributed by atoms with van der Waals surface area (Å²) in [6, 6.07) is 9.62. The van der Waals surface area contributed by atoms with Gasteiger partial charge in [0.05, 0.1) is 11.7 Å². The van der Waals surface area contributed by atoms with Crippen molar-refractivity contribution in [3.05, 3.63) is 47.7 Å². The molecule has 25 heavy (non-hydrogen) atoms. The fourth-order valence-electron chi connectivity index (χ4n) is 3.38. The van der Waals surface area contributed by atoms with Crippen LogP contribution < -0.4 is 0 Å². The number of nitrogens with zero attached hydrogens (tertiary/aromatic N) is 4. The average molecular weight is 338 g/mol. The predicted octanol–water partition coefficient (Wildman–Crippen LogP) is 3.78. The first-order valence-electron chi connectivity index (χ1n) is 8.77. The van der Waals surface area contributed by atoms with Gasteiger partial charge in [0.25, 0.3) is 0 Å². The highest BCUT2D eigenvalue weighted by atomic mass is 16.5. The lowest BCUT2D eigenvalue weighted by molar-refractivity contribution is 0.199. The Hall–Kier alpha value is -2.47. The van der Waals surface area contributed by atoms with Crippen LogP contribution in [0.3, 0.4) is 0 Å². The lowest BCUT2D eigenvalue weighted by atomic mass is 10.1. The third-order valence-corrected chi connectivity index (χ3v) is 4.74. The van der Waals surface area contributed by atoms with Crippen molar-refractivity contribution in [1.29, 1.82) is 0 Å². The van der Waals surface area contributed by atoms with Crippen LogP contribution in [-0.4, -0.2) is 31.7 Å². The molecule has 3 aromatic rings. The van der Waals surface area contributed by atoms with E-state index in [1.807, 2.05) is 24.3 Å². The molecule has 0 bridgehead atoms. The molecule has 1 saturated heterocycles. The van der Waals surface area contributed by atoms with E-state index in [4.69, 9.17) is 4.52 Å². The van der Waals surface area contributed by atoms with Crippen LogP contribution >= 0.6 is 0 Å². The molecule has 0 saturated carbocycles. The Morgan fingerprint density at radius 1 is 1.24 bits per heavy atom. The monoisotopic (exact) mass is 338 g/mol. The van der Waals surface area contributed by atoms with E-state index >= 15 is 0 Å². The number of rotatable bonds is 4.